The molecule has 0 heterocycles. The molecule has 1 aromatic rings. The molecule has 0 aliphatic heterocycles. The van der Waals surface area contributed by atoms with E-state index >= 15 is 0 Å². The minimum absolute atomic E-state index is 0.0791. The predicted molar refractivity (Wildman–Crippen MR) is 80.2 cm³/mol. The van der Waals surface area contributed by atoms with Crippen LogP contribution in [0.3, 0.4) is 0 Å². The maximum absolute atomic E-state index is 13.7. The average molecular weight is 296 g/mol. The molecule has 0 unspecified atom stereocenters. The van der Waals surface area contributed by atoms with Gasteiger partial charge in [0.25, 0.3) is 0 Å². The van der Waals surface area contributed by atoms with Crippen LogP contribution in [0, 0.1) is 23.1 Å². The van der Waals surface area contributed by atoms with Gasteiger partial charge in [0.05, 0.1) is 11.6 Å². The fourth-order valence-corrected chi connectivity index (χ4v) is 2.81. The lowest BCUT2D eigenvalue weighted by atomic mass is 10.1. The average Bonchev–Trinajstić information content (AvgIpc) is 2.83. The minimum Gasteiger partial charge on any atom is -0.323 e. The highest BCUT2D eigenvalue weighted by Crippen LogP contribution is 2.59. The molecular weight excluding hydrogens is 277 g/mol. The second-order valence-corrected chi connectivity index (χ2v) is 6.62. The lowest BCUT2D eigenvalue weighted by Crippen LogP contribution is -2.17. The molecule has 2 nitrogen and oxygen atoms in total. The van der Waals surface area contributed by atoms with Crippen molar-refractivity contribution in [2.24, 2.45) is 17.3 Å². The molecular formula is C16H19ClFNO. The summed E-state index contributed by atoms with van der Waals surface area (Å²) in [6.45, 7) is 8.14. The lowest BCUT2D eigenvalue weighted by molar-refractivity contribution is -0.118. The number of rotatable bonds is 3. The van der Waals surface area contributed by atoms with Crippen molar-refractivity contribution in [3.8, 4) is 0 Å². The summed E-state index contributed by atoms with van der Waals surface area (Å²) in [5, 5.41) is 2.97. The SMILES string of the molecule is CC(C)=C[C@H]1[C@H](C(=O)Nc2ccc(Cl)cc2F)C1(C)C. The monoisotopic (exact) mass is 295 g/mol. The zero-order valence-electron chi connectivity index (χ0n) is 12.1. The zero-order chi connectivity index (χ0) is 15.1. The molecule has 1 aromatic carbocycles. The van der Waals surface area contributed by atoms with E-state index in [2.05, 4.69) is 25.2 Å². The van der Waals surface area contributed by atoms with Gasteiger partial charge < -0.3 is 5.32 Å². The maximum Gasteiger partial charge on any atom is 0.228 e. The molecule has 1 fully saturated rings. The number of carbonyl (C=O) groups is 1. The van der Waals surface area contributed by atoms with Crippen LogP contribution >= 0.6 is 11.6 Å². The van der Waals surface area contributed by atoms with Crippen LogP contribution in [0.15, 0.2) is 29.8 Å². The largest absolute Gasteiger partial charge is 0.323 e. The minimum atomic E-state index is -0.511. The Morgan fingerprint density at radius 2 is 2.05 bits per heavy atom. The number of amides is 1. The molecule has 1 amide bonds. The van der Waals surface area contributed by atoms with Gasteiger partial charge in [-0.1, -0.05) is 37.1 Å². The molecule has 0 aromatic heterocycles. The van der Waals surface area contributed by atoms with Crippen molar-refractivity contribution >= 4 is 23.2 Å². The van der Waals surface area contributed by atoms with Gasteiger partial charge in [0.15, 0.2) is 0 Å². The number of allylic oxidation sites excluding steroid dienone is 2. The van der Waals surface area contributed by atoms with Crippen molar-refractivity contribution in [2.75, 3.05) is 5.32 Å². The van der Waals surface area contributed by atoms with Gasteiger partial charge in [-0.25, -0.2) is 4.39 Å². The molecule has 20 heavy (non-hydrogen) atoms. The van der Waals surface area contributed by atoms with Crippen LogP contribution in [0.5, 0.6) is 0 Å². The fourth-order valence-electron chi connectivity index (χ4n) is 2.65. The van der Waals surface area contributed by atoms with E-state index in [1.807, 2.05) is 13.8 Å². The van der Waals surface area contributed by atoms with Crippen molar-refractivity contribution < 1.29 is 9.18 Å². The van der Waals surface area contributed by atoms with Crippen molar-refractivity contribution in [1.82, 2.24) is 0 Å². The molecule has 1 aliphatic rings. The fraction of sp³-hybridized carbons (Fsp3) is 0.438. The number of benzene rings is 1. The van der Waals surface area contributed by atoms with E-state index in [1.165, 1.54) is 17.7 Å². The number of anilines is 1. The molecule has 0 spiro atoms. The molecule has 0 bridgehead atoms. The molecule has 0 saturated heterocycles. The first-order valence-corrected chi connectivity index (χ1v) is 7.02. The van der Waals surface area contributed by atoms with Gasteiger partial charge >= 0.3 is 0 Å². The van der Waals surface area contributed by atoms with Crippen LogP contribution in [0.1, 0.15) is 27.7 Å². The van der Waals surface area contributed by atoms with Gasteiger partial charge in [-0.2, -0.15) is 0 Å². The van der Waals surface area contributed by atoms with E-state index in [-0.39, 0.29) is 28.8 Å². The molecule has 1 N–H and O–H groups in total. The molecule has 108 valence electrons. The summed E-state index contributed by atoms with van der Waals surface area (Å²) in [7, 11) is 0. The summed E-state index contributed by atoms with van der Waals surface area (Å²) in [5.41, 5.74) is 1.29. The van der Waals surface area contributed by atoms with Gasteiger partial charge in [-0.05, 0) is 43.4 Å². The van der Waals surface area contributed by atoms with E-state index in [1.54, 1.807) is 6.07 Å². The topological polar surface area (TPSA) is 29.1 Å². The van der Waals surface area contributed by atoms with Crippen molar-refractivity contribution in [2.45, 2.75) is 27.7 Å². The first-order valence-electron chi connectivity index (χ1n) is 6.64. The van der Waals surface area contributed by atoms with Gasteiger partial charge in [0.1, 0.15) is 5.82 Å². The standard InChI is InChI=1S/C16H19ClFNO/c1-9(2)7-11-14(16(11,3)4)15(20)19-13-6-5-10(17)8-12(13)18/h5-8,11,14H,1-4H3,(H,19,20)/t11-,14+/m0/s1. The molecule has 1 saturated carbocycles. The predicted octanol–water partition coefficient (Wildman–Crippen LogP) is 4.66. The summed E-state index contributed by atoms with van der Waals surface area (Å²) in [5.74, 6) is -0.558. The third kappa shape index (κ3) is 2.88. The summed E-state index contributed by atoms with van der Waals surface area (Å²) < 4.78 is 13.7. The number of hydrogen-bond acceptors (Lipinski definition) is 1. The van der Waals surface area contributed by atoms with Crippen LogP contribution in [0.4, 0.5) is 10.1 Å². The number of hydrogen-bond donors (Lipinski definition) is 1. The Bertz CT molecular complexity index is 576. The van der Waals surface area contributed by atoms with Crippen LogP contribution in [-0.4, -0.2) is 5.91 Å². The highest BCUT2D eigenvalue weighted by atomic mass is 35.5. The molecule has 2 atom stereocenters. The Hall–Kier alpha value is -1.35. The quantitative estimate of drug-likeness (QED) is 0.808. The molecule has 2 rings (SSSR count). The van der Waals surface area contributed by atoms with Gasteiger partial charge in [0.2, 0.25) is 5.91 Å². The molecule has 4 heteroatoms. The van der Waals surface area contributed by atoms with E-state index < -0.39 is 5.82 Å². The van der Waals surface area contributed by atoms with Crippen LogP contribution in [0.25, 0.3) is 0 Å². The second kappa shape index (κ2) is 5.21. The lowest BCUT2D eigenvalue weighted by Gasteiger charge is -2.07. The Morgan fingerprint density at radius 1 is 1.40 bits per heavy atom. The van der Waals surface area contributed by atoms with Crippen molar-refractivity contribution in [1.29, 1.82) is 0 Å². The highest BCUT2D eigenvalue weighted by molar-refractivity contribution is 6.30. The van der Waals surface area contributed by atoms with E-state index in [9.17, 15) is 9.18 Å². The first kappa shape index (κ1) is 15.0. The highest BCUT2D eigenvalue weighted by Gasteiger charge is 2.60. The van der Waals surface area contributed by atoms with Crippen molar-refractivity contribution in [3.05, 3.63) is 40.7 Å². The van der Waals surface area contributed by atoms with Crippen LogP contribution in [0.2, 0.25) is 5.02 Å². The van der Waals surface area contributed by atoms with Gasteiger partial charge in [-0.15, -0.1) is 0 Å². The van der Waals surface area contributed by atoms with E-state index in [4.69, 9.17) is 11.6 Å². The molecule has 0 radical (unpaired) electrons. The number of halogens is 2. The van der Waals surface area contributed by atoms with Gasteiger partial charge in [0, 0.05) is 5.02 Å². The third-order valence-corrected chi connectivity index (χ3v) is 4.13. The Labute approximate surface area is 124 Å². The van der Waals surface area contributed by atoms with Crippen LogP contribution < -0.4 is 5.32 Å². The summed E-state index contributed by atoms with van der Waals surface area (Å²) >= 11 is 5.69. The third-order valence-electron chi connectivity index (χ3n) is 3.90. The summed E-state index contributed by atoms with van der Waals surface area (Å²) in [4.78, 5) is 12.3. The normalized spacial score (nSPS) is 23.1. The number of carbonyl (C=O) groups excluding carboxylic acids is 1. The Balaban J connectivity index is 2.12. The summed E-state index contributed by atoms with van der Waals surface area (Å²) in [6.07, 6.45) is 2.11. The second-order valence-electron chi connectivity index (χ2n) is 6.18. The Morgan fingerprint density at radius 3 is 2.60 bits per heavy atom. The smallest absolute Gasteiger partial charge is 0.228 e. The molecule has 1 aliphatic carbocycles. The van der Waals surface area contributed by atoms with Crippen LogP contribution in [-0.2, 0) is 4.79 Å². The zero-order valence-corrected chi connectivity index (χ0v) is 12.9. The van der Waals surface area contributed by atoms with E-state index in [0.29, 0.717) is 5.02 Å². The first-order chi connectivity index (χ1) is 9.23. The maximum atomic E-state index is 13.7. The van der Waals surface area contributed by atoms with Gasteiger partial charge in [-0.3, -0.25) is 4.79 Å². The number of nitrogens with one attached hydrogen (secondary N) is 1. The van der Waals surface area contributed by atoms with Crippen molar-refractivity contribution in [3.63, 3.8) is 0 Å². The Kier molecular flexibility index (Phi) is 3.92. The van der Waals surface area contributed by atoms with E-state index in [0.717, 1.165) is 0 Å². The summed E-state index contributed by atoms with van der Waals surface area (Å²) in [6, 6.07) is 4.25.